The molecule has 0 amide bonds. The van der Waals surface area contributed by atoms with Crippen molar-refractivity contribution in [3.63, 3.8) is 0 Å². The summed E-state index contributed by atoms with van der Waals surface area (Å²) >= 11 is 0. The van der Waals surface area contributed by atoms with Crippen LogP contribution in [0.1, 0.15) is 40.5 Å². The zero-order valence-electron chi connectivity index (χ0n) is 15.8. The molecule has 0 bridgehead atoms. The van der Waals surface area contributed by atoms with Crippen molar-refractivity contribution in [2.75, 3.05) is 7.11 Å². The van der Waals surface area contributed by atoms with Gasteiger partial charge in [-0.15, -0.1) is 0 Å². The van der Waals surface area contributed by atoms with Gasteiger partial charge in [-0.25, -0.2) is 9.78 Å². The number of aromatic nitrogens is 1. The van der Waals surface area contributed by atoms with E-state index in [4.69, 9.17) is 9.72 Å². The summed E-state index contributed by atoms with van der Waals surface area (Å²) in [5.74, 6) is -0.135. The van der Waals surface area contributed by atoms with Gasteiger partial charge >= 0.3 is 5.97 Å². The van der Waals surface area contributed by atoms with E-state index in [0.717, 1.165) is 28.8 Å². The predicted molar refractivity (Wildman–Crippen MR) is 109 cm³/mol. The van der Waals surface area contributed by atoms with Crippen LogP contribution in [-0.4, -0.2) is 28.3 Å². The minimum atomic E-state index is -0.922. The predicted octanol–water partition coefficient (Wildman–Crippen LogP) is 4.77. The number of hydrogen-bond donors (Lipinski definition) is 2. The maximum Gasteiger partial charge on any atom is 0.336 e. The lowest BCUT2D eigenvalue weighted by Crippen LogP contribution is -2.17. The fourth-order valence-corrected chi connectivity index (χ4v) is 3.97. The van der Waals surface area contributed by atoms with E-state index in [1.807, 2.05) is 36.4 Å². The molecule has 2 aromatic carbocycles. The van der Waals surface area contributed by atoms with Gasteiger partial charge in [0.1, 0.15) is 0 Å². The number of phenolic OH excluding ortho intramolecular Hbond substituents is 1. The molecule has 0 spiro atoms. The first-order valence-electron chi connectivity index (χ1n) is 9.20. The molecule has 3 aromatic rings. The molecule has 1 heterocycles. The van der Waals surface area contributed by atoms with Gasteiger partial charge in [0.05, 0.1) is 23.9 Å². The summed E-state index contributed by atoms with van der Waals surface area (Å²) in [7, 11) is 1.51. The van der Waals surface area contributed by atoms with E-state index in [1.54, 1.807) is 12.1 Å². The van der Waals surface area contributed by atoms with Gasteiger partial charge in [0.15, 0.2) is 11.5 Å². The topological polar surface area (TPSA) is 79.7 Å². The molecule has 0 aliphatic heterocycles. The van der Waals surface area contributed by atoms with Crippen LogP contribution in [0, 0.1) is 5.92 Å². The van der Waals surface area contributed by atoms with Crippen LogP contribution in [0.2, 0.25) is 0 Å². The number of carboxylic acid groups (broad SMARTS) is 1. The number of fused-ring (bicyclic) bond motifs is 2. The molecular weight excluding hydrogens is 354 g/mol. The number of methoxy groups -OCH3 is 1. The second-order valence-corrected chi connectivity index (χ2v) is 7.25. The number of ether oxygens (including phenoxy) is 1. The summed E-state index contributed by atoms with van der Waals surface area (Å²) in [4.78, 5) is 16.9. The summed E-state index contributed by atoms with van der Waals surface area (Å²) in [6, 6.07) is 12.5. The Hall–Kier alpha value is -3.34. The molecule has 1 unspecified atom stereocenters. The van der Waals surface area contributed by atoms with Crippen molar-refractivity contribution < 1.29 is 19.7 Å². The number of pyridine rings is 1. The number of para-hydroxylation sites is 1. The summed E-state index contributed by atoms with van der Waals surface area (Å²) < 4.78 is 5.20. The van der Waals surface area contributed by atoms with Gasteiger partial charge in [-0.2, -0.15) is 0 Å². The molecule has 28 heavy (non-hydrogen) atoms. The Morgan fingerprint density at radius 1 is 1.21 bits per heavy atom. The smallest absolute Gasteiger partial charge is 0.336 e. The Morgan fingerprint density at radius 3 is 2.75 bits per heavy atom. The quantitative estimate of drug-likeness (QED) is 0.689. The number of aromatic hydroxyl groups is 1. The molecule has 1 aliphatic carbocycles. The monoisotopic (exact) mass is 375 g/mol. The van der Waals surface area contributed by atoms with Crippen LogP contribution in [0.3, 0.4) is 0 Å². The van der Waals surface area contributed by atoms with Crippen LogP contribution in [0.15, 0.2) is 42.5 Å². The molecule has 0 fully saturated rings. The highest BCUT2D eigenvalue weighted by molar-refractivity contribution is 6.05. The van der Waals surface area contributed by atoms with Crippen LogP contribution in [0.5, 0.6) is 11.5 Å². The Bertz CT molecular complexity index is 1120. The number of nitrogens with zero attached hydrogens (tertiary/aromatic N) is 1. The van der Waals surface area contributed by atoms with Crippen molar-refractivity contribution in [2.45, 2.75) is 19.8 Å². The van der Waals surface area contributed by atoms with Gasteiger partial charge in [-0.05, 0) is 59.7 Å². The van der Waals surface area contributed by atoms with Crippen molar-refractivity contribution in [3.05, 3.63) is 64.8 Å². The summed E-state index contributed by atoms with van der Waals surface area (Å²) in [6.07, 6.45) is 3.50. The van der Waals surface area contributed by atoms with Crippen molar-refractivity contribution in [3.8, 4) is 11.5 Å². The molecule has 5 nitrogen and oxygen atoms in total. The highest BCUT2D eigenvalue weighted by atomic mass is 16.5. The molecule has 5 heteroatoms. The molecule has 0 radical (unpaired) electrons. The third-order valence-electron chi connectivity index (χ3n) is 5.18. The van der Waals surface area contributed by atoms with Gasteiger partial charge in [-0.3, -0.25) is 0 Å². The van der Waals surface area contributed by atoms with Crippen LogP contribution in [0.4, 0.5) is 0 Å². The number of carbonyl (C=O) groups is 1. The van der Waals surface area contributed by atoms with Gasteiger partial charge in [0.2, 0.25) is 0 Å². The molecule has 0 saturated carbocycles. The van der Waals surface area contributed by atoms with Crippen LogP contribution in [-0.2, 0) is 6.42 Å². The zero-order valence-corrected chi connectivity index (χ0v) is 15.8. The van der Waals surface area contributed by atoms with Crippen LogP contribution < -0.4 is 4.74 Å². The summed E-state index contributed by atoms with van der Waals surface area (Å²) in [5.41, 5.74) is 4.44. The Balaban J connectivity index is 1.95. The fraction of sp³-hybridized carbons (Fsp3) is 0.217. The highest BCUT2D eigenvalue weighted by Crippen LogP contribution is 2.39. The first-order valence-corrected chi connectivity index (χ1v) is 9.20. The van der Waals surface area contributed by atoms with E-state index in [0.29, 0.717) is 34.6 Å². The average Bonchev–Trinajstić information content (AvgIpc) is 2.67. The first-order chi connectivity index (χ1) is 13.5. The Kier molecular flexibility index (Phi) is 4.51. The first kappa shape index (κ1) is 18.0. The standard InChI is InChI=1S/C23H21NO4/c1-13-9-15(11-14-7-8-19(25)20(12-14)28-2)22-17(10-13)21(23(26)27)16-5-3-4-6-18(16)24-22/h3-8,11-13,25H,9-10H2,1-2H3,(H,26,27)/b15-11-. The third kappa shape index (κ3) is 3.09. The third-order valence-corrected chi connectivity index (χ3v) is 5.18. The van der Waals surface area contributed by atoms with Crippen molar-refractivity contribution in [1.29, 1.82) is 0 Å². The normalized spacial score (nSPS) is 17.5. The lowest BCUT2D eigenvalue weighted by Gasteiger charge is -2.26. The number of carboxylic acids is 1. The van der Waals surface area contributed by atoms with E-state index >= 15 is 0 Å². The van der Waals surface area contributed by atoms with Crippen molar-refractivity contribution >= 4 is 28.5 Å². The molecule has 1 aromatic heterocycles. The maximum atomic E-state index is 12.1. The molecule has 1 atom stereocenters. The van der Waals surface area contributed by atoms with Gasteiger partial charge < -0.3 is 14.9 Å². The fourth-order valence-electron chi connectivity index (χ4n) is 3.97. The van der Waals surface area contributed by atoms with Gasteiger partial charge in [-0.1, -0.05) is 31.2 Å². The summed E-state index contributed by atoms with van der Waals surface area (Å²) in [6.45, 7) is 2.12. The lowest BCUT2D eigenvalue weighted by atomic mass is 9.80. The van der Waals surface area contributed by atoms with E-state index < -0.39 is 5.97 Å². The maximum absolute atomic E-state index is 12.1. The lowest BCUT2D eigenvalue weighted by molar-refractivity contribution is 0.0697. The van der Waals surface area contributed by atoms with Crippen LogP contribution in [0.25, 0.3) is 22.6 Å². The van der Waals surface area contributed by atoms with Crippen molar-refractivity contribution in [2.24, 2.45) is 5.92 Å². The van der Waals surface area contributed by atoms with E-state index in [2.05, 4.69) is 6.92 Å². The van der Waals surface area contributed by atoms with Gasteiger partial charge in [0.25, 0.3) is 0 Å². The van der Waals surface area contributed by atoms with E-state index in [1.165, 1.54) is 7.11 Å². The number of allylic oxidation sites excluding steroid dienone is 1. The van der Waals surface area contributed by atoms with Gasteiger partial charge in [0, 0.05) is 5.39 Å². The molecule has 2 N–H and O–H groups in total. The second kappa shape index (κ2) is 7.00. The summed E-state index contributed by atoms with van der Waals surface area (Å²) in [5, 5.41) is 20.4. The SMILES string of the molecule is COc1cc(/C=C2/CC(C)Cc3c2nc2ccccc2c3C(=O)O)ccc1O. The number of benzene rings is 2. The average molecular weight is 375 g/mol. The van der Waals surface area contributed by atoms with E-state index in [-0.39, 0.29) is 5.75 Å². The van der Waals surface area contributed by atoms with E-state index in [9.17, 15) is 15.0 Å². The number of hydrogen-bond acceptors (Lipinski definition) is 4. The number of phenols is 1. The minimum Gasteiger partial charge on any atom is -0.504 e. The molecule has 4 rings (SSSR count). The highest BCUT2D eigenvalue weighted by Gasteiger charge is 2.27. The Morgan fingerprint density at radius 2 is 2.00 bits per heavy atom. The second-order valence-electron chi connectivity index (χ2n) is 7.25. The minimum absolute atomic E-state index is 0.0827. The Labute approximate surface area is 162 Å². The molecular formula is C23H21NO4. The molecule has 142 valence electrons. The number of aromatic carboxylic acids is 1. The van der Waals surface area contributed by atoms with Crippen molar-refractivity contribution in [1.82, 2.24) is 4.98 Å². The van der Waals surface area contributed by atoms with Crippen LogP contribution >= 0.6 is 0 Å². The molecule has 1 aliphatic rings. The largest absolute Gasteiger partial charge is 0.504 e. The number of rotatable bonds is 3. The zero-order chi connectivity index (χ0) is 19.8. The molecule has 0 saturated heterocycles.